The Bertz CT molecular complexity index is 409. The molecule has 0 amide bonds. The topological polar surface area (TPSA) is 37.3 Å². The zero-order valence-electron chi connectivity index (χ0n) is 10.8. The lowest BCUT2D eigenvalue weighted by molar-refractivity contribution is 0.0696. The Kier molecular flexibility index (Phi) is 4.70. The molecule has 1 aliphatic carbocycles. The molecule has 1 saturated carbocycles. The minimum atomic E-state index is -0.841. The molecule has 0 bridgehead atoms. The smallest absolute Gasteiger partial charge is 0.335 e. The Balaban J connectivity index is 1.94. The Morgan fingerprint density at radius 3 is 2.67 bits per heavy atom. The van der Waals surface area contributed by atoms with Crippen LogP contribution in [-0.2, 0) is 0 Å². The van der Waals surface area contributed by atoms with Gasteiger partial charge in [0.25, 0.3) is 0 Å². The second-order valence-corrected chi connectivity index (χ2v) is 6.38. The van der Waals surface area contributed by atoms with E-state index >= 15 is 0 Å². The summed E-state index contributed by atoms with van der Waals surface area (Å²) in [4.78, 5) is 12.0. The van der Waals surface area contributed by atoms with E-state index in [4.69, 9.17) is 5.11 Å². The highest BCUT2D eigenvalue weighted by molar-refractivity contribution is 8.00. The minimum absolute atomic E-state index is 0.391. The third kappa shape index (κ3) is 3.52. The summed E-state index contributed by atoms with van der Waals surface area (Å²) in [6.07, 6.45) is 6.48. The van der Waals surface area contributed by atoms with Gasteiger partial charge in [-0.05, 0) is 49.8 Å². The molecule has 18 heavy (non-hydrogen) atoms. The number of benzene rings is 1. The van der Waals surface area contributed by atoms with Gasteiger partial charge >= 0.3 is 5.97 Å². The van der Waals surface area contributed by atoms with Crippen LogP contribution in [0.4, 0.5) is 0 Å². The number of carbonyl (C=O) groups is 1. The summed E-state index contributed by atoms with van der Waals surface area (Å²) in [6.45, 7) is 2.27. The fourth-order valence-electron chi connectivity index (χ4n) is 2.55. The molecule has 0 atom stereocenters. The van der Waals surface area contributed by atoms with Crippen molar-refractivity contribution < 1.29 is 9.90 Å². The minimum Gasteiger partial charge on any atom is -0.478 e. The second-order valence-electron chi connectivity index (χ2n) is 5.00. The molecule has 2 rings (SSSR count). The lowest BCUT2D eigenvalue weighted by Crippen LogP contribution is -2.15. The second kappa shape index (κ2) is 6.28. The van der Waals surface area contributed by atoms with E-state index in [0.717, 1.165) is 10.8 Å². The van der Waals surface area contributed by atoms with E-state index in [1.54, 1.807) is 12.1 Å². The highest BCUT2D eigenvalue weighted by atomic mass is 32.2. The molecule has 1 aromatic rings. The van der Waals surface area contributed by atoms with Gasteiger partial charge in [-0.25, -0.2) is 4.79 Å². The summed E-state index contributed by atoms with van der Waals surface area (Å²) < 4.78 is 0. The Hall–Kier alpha value is -0.960. The van der Waals surface area contributed by atoms with Crippen molar-refractivity contribution in [2.24, 2.45) is 5.92 Å². The Morgan fingerprint density at radius 1 is 1.33 bits per heavy atom. The van der Waals surface area contributed by atoms with Gasteiger partial charge in [0.1, 0.15) is 0 Å². The fourth-order valence-corrected chi connectivity index (χ4v) is 3.80. The molecule has 0 saturated heterocycles. The van der Waals surface area contributed by atoms with E-state index in [-0.39, 0.29) is 0 Å². The summed E-state index contributed by atoms with van der Waals surface area (Å²) in [5.74, 6) is 0.0688. The molecule has 98 valence electrons. The van der Waals surface area contributed by atoms with Gasteiger partial charge < -0.3 is 5.11 Å². The summed E-state index contributed by atoms with van der Waals surface area (Å²) >= 11 is 1.85. The number of carboxylic acid groups (broad SMARTS) is 1. The third-order valence-corrected chi connectivity index (χ3v) is 5.09. The molecule has 0 radical (unpaired) electrons. The van der Waals surface area contributed by atoms with Crippen LogP contribution in [0.25, 0.3) is 0 Å². The Labute approximate surface area is 113 Å². The van der Waals surface area contributed by atoms with Gasteiger partial charge in [0, 0.05) is 10.1 Å². The summed E-state index contributed by atoms with van der Waals surface area (Å²) in [6, 6.07) is 7.30. The first kappa shape index (κ1) is 13.5. The van der Waals surface area contributed by atoms with Crippen LogP contribution < -0.4 is 0 Å². The summed E-state index contributed by atoms with van der Waals surface area (Å²) in [5, 5.41) is 9.64. The van der Waals surface area contributed by atoms with Gasteiger partial charge in [0.15, 0.2) is 0 Å². The molecule has 0 unspecified atom stereocenters. The quantitative estimate of drug-likeness (QED) is 0.873. The largest absolute Gasteiger partial charge is 0.478 e. The molecule has 0 heterocycles. The van der Waals surface area contributed by atoms with E-state index in [0.29, 0.717) is 10.8 Å². The number of thioether (sulfide) groups is 1. The van der Waals surface area contributed by atoms with Crippen LogP contribution in [0, 0.1) is 5.92 Å². The van der Waals surface area contributed by atoms with E-state index in [2.05, 4.69) is 6.92 Å². The number of hydrogen-bond donors (Lipinski definition) is 1. The van der Waals surface area contributed by atoms with Gasteiger partial charge in [0.05, 0.1) is 5.56 Å². The van der Waals surface area contributed by atoms with Crippen LogP contribution in [-0.4, -0.2) is 16.3 Å². The van der Waals surface area contributed by atoms with E-state index in [9.17, 15) is 4.79 Å². The first-order valence-corrected chi connectivity index (χ1v) is 7.57. The number of rotatable bonds is 4. The molecular weight excluding hydrogens is 244 g/mol. The lowest BCUT2D eigenvalue weighted by Gasteiger charge is -2.27. The molecule has 1 fully saturated rings. The number of aromatic carboxylic acids is 1. The van der Waals surface area contributed by atoms with Crippen molar-refractivity contribution in [1.82, 2.24) is 0 Å². The third-order valence-electron chi connectivity index (χ3n) is 3.75. The maximum atomic E-state index is 10.9. The molecule has 1 aromatic carbocycles. The molecule has 3 heteroatoms. The zero-order valence-corrected chi connectivity index (χ0v) is 11.6. The normalized spacial score (nSPS) is 23.8. The molecule has 0 aromatic heterocycles. The van der Waals surface area contributed by atoms with Crippen molar-refractivity contribution in [2.75, 3.05) is 0 Å². The van der Waals surface area contributed by atoms with Crippen LogP contribution in [0.2, 0.25) is 0 Å². The molecule has 1 aliphatic rings. The average Bonchev–Trinajstić information content (AvgIpc) is 2.40. The van der Waals surface area contributed by atoms with Gasteiger partial charge in [-0.3, -0.25) is 0 Å². The van der Waals surface area contributed by atoms with Gasteiger partial charge in [-0.1, -0.05) is 19.4 Å². The van der Waals surface area contributed by atoms with Crippen molar-refractivity contribution in [2.45, 2.75) is 49.2 Å². The van der Waals surface area contributed by atoms with Crippen LogP contribution >= 0.6 is 11.8 Å². The van der Waals surface area contributed by atoms with Gasteiger partial charge in [-0.2, -0.15) is 0 Å². The first-order valence-electron chi connectivity index (χ1n) is 6.69. The van der Waals surface area contributed by atoms with Crippen molar-refractivity contribution in [3.05, 3.63) is 29.8 Å². The van der Waals surface area contributed by atoms with Crippen LogP contribution in [0.15, 0.2) is 29.2 Å². The van der Waals surface area contributed by atoms with Crippen LogP contribution in [0.1, 0.15) is 49.4 Å². The molecule has 0 spiro atoms. The Morgan fingerprint density at radius 2 is 2.06 bits per heavy atom. The first-order chi connectivity index (χ1) is 8.69. The predicted molar refractivity (Wildman–Crippen MR) is 75.3 cm³/mol. The SMILES string of the molecule is CCC1CCC(Sc2cccc(C(=O)O)c2)CC1. The van der Waals surface area contributed by atoms with Gasteiger partial charge in [0.2, 0.25) is 0 Å². The van der Waals surface area contributed by atoms with E-state index < -0.39 is 5.97 Å². The molecule has 1 N–H and O–H groups in total. The predicted octanol–water partition coefficient (Wildman–Crippen LogP) is 4.45. The van der Waals surface area contributed by atoms with E-state index in [1.807, 2.05) is 23.9 Å². The van der Waals surface area contributed by atoms with Gasteiger partial charge in [-0.15, -0.1) is 11.8 Å². The van der Waals surface area contributed by atoms with Crippen LogP contribution in [0.3, 0.4) is 0 Å². The highest BCUT2D eigenvalue weighted by Crippen LogP contribution is 2.37. The van der Waals surface area contributed by atoms with Crippen LogP contribution in [0.5, 0.6) is 0 Å². The standard InChI is InChI=1S/C15H20O2S/c1-2-11-6-8-13(9-7-11)18-14-5-3-4-12(10-14)15(16)17/h3-5,10-11,13H,2,6-9H2,1H3,(H,16,17). The zero-order chi connectivity index (χ0) is 13.0. The summed E-state index contributed by atoms with van der Waals surface area (Å²) in [5.41, 5.74) is 0.391. The highest BCUT2D eigenvalue weighted by Gasteiger charge is 2.20. The monoisotopic (exact) mass is 264 g/mol. The molecular formula is C15H20O2S. The van der Waals surface area contributed by atoms with E-state index in [1.165, 1.54) is 32.1 Å². The molecule has 0 aliphatic heterocycles. The van der Waals surface area contributed by atoms with Crippen molar-refractivity contribution in [3.8, 4) is 0 Å². The van der Waals surface area contributed by atoms with Crippen molar-refractivity contribution in [3.63, 3.8) is 0 Å². The fraction of sp³-hybridized carbons (Fsp3) is 0.533. The average molecular weight is 264 g/mol. The maximum absolute atomic E-state index is 10.9. The lowest BCUT2D eigenvalue weighted by atomic mass is 9.87. The summed E-state index contributed by atoms with van der Waals surface area (Å²) in [7, 11) is 0. The molecule has 2 nitrogen and oxygen atoms in total. The van der Waals surface area contributed by atoms with Crippen molar-refractivity contribution in [1.29, 1.82) is 0 Å². The van der Waals surface area contributed by atoms with Crippen molar-refractivity contribution >= 4 is 17.7 Å². The maximum Gasteiger partial charge on any atom is 0.335 e. The number of carboxylic acids is 1. The number of hydrogen-bond acceptors (Lipinski definition) is 2.